The number of rotatable bonds is 6. The Morgan fingerprint density at radius 1 is 1.04 bits per heavy atom. The summed E-state index contributed by atoms with van der Waals surface area (Å²) in [4.78, 5) is 21.0. The number of methoxy groups -OCH3 is 2. The Morgan fingerprint density at radius 2 is 1.85 bits per heavy atom. The highest BCUT2D eigenvalue weighted by molar-refractivity contribution is 5.94. The fraction of sp³-hybridized carbons (Fsp3) is 0.190. The van der Waals surface area contributed by atoms with Crippen LogP contribution in [0, 0.1) is 0 Å². The lowest BCUT2D eigenvalue weighted by Crippen LogP contribution is -2.26. The van der Waals surface area contributed by atoms with Crippen LogP contribution in [0.2, 0.25) is 0 Å². The molecular weight excluding hydrogens is 342 g/mol. The molecule has 0 aliphatic heterocycles. The second kappa shape index (κ2) is 8.31. The Labute approximate surface area is 158 Å². The molecule has 1 aromatic carbocycles. The van der Waals surface area contributed by atoms with Crippen LogP contribution >= 0.6 is 0 Å². The molecule has 2 aromatic heterocycles. The smallest absolute Gasteiger partial charge is 0.253 e. The van der Waals surface area contributed by atoms with Crippen LogP contribution in [0.4, 0.5) is 0 Å². The van der Waals surface area contributed by atoms with Gasteiger partial charge in [-0.15, -0.1) is 0 Å². The Morgan fingerprint density at radius 3 is 2.48 bits per heavy atom. The van der Waals surface area contributed by atoms with Crippen LogP contribution in [-0.4, -0.2) is 30.1 Å². The second-order valence-corrected chi connectivity index (χ2v) is 5.98. The monoisotopic (exact) mass is 363 g/mol. The zero-order valence-electron chi connectivity index (χ0n) is 15.5. The molecule has 0 aliphatic rings. The summed E-state index contributed by atoms with van der Waals surface area (Å²) in [5.41, 5.74) is 3.09. The number of hydrogen-bond acceptors (Lipinski definition) is 5. The zero-order chi connectivity index (χ0) is 19.2. The van der Waals surface area contributed by atoms with Crippen LogP contribution in [0.25, 0.3) is 11.3 Å². The molecule has 0 saturated heterocycles. The third kappa shape index (κ3) is 4.23. The molecule has 0 saturated carbocycles. The first-order valence-electron chi connectivity index (χ1n) is 8.51. The topological polar surface area (TPSA) is 73.3 Å². The molecule has 2 heterocycles. The minimum absolute atomic E-state index is 0.192. The number of benzene rings is 1. The van der Waals surface area contributed by atoms with Gasteiger partial charge in [-0.3, -0.25) is 14.8 Å². The fourth-order valence-corrected chi connectivity index (χ4v) is 2.70. The summed E-state index contributed by atoms with van der Waals surface area (Å²) < 4.78 is 10.6. The van der Waals surface area contributed by atoms with E-state index in [0.29, 0.717) is 17.1 Å². The van der Waals surface area contributed by atoms with Crippen LogP contribution in [-0.2, 0) is 0 Å². The molecule has 1 amide bonds. The van der Waals surface area contributed by atoms with Crippen molar-refractivity contribution in [2.75, 3.05) is 14.2 Å². The summed E-state index contributed by atoms with van der Waals surface area (Å²) >= 11 is 0. The fourth-order valence-electron chi connectivity index (χ4n) is 2.70. The zero-order valence-corrected chi connectivity index (χ0v) is 15.5. The molecule has 3 rings (SSSR count). The number of hydrogen-bond donors (Lipinski definition) is 1. The van der Waals surface area contributed by atoms with E-state index in [1.807, 2.05) is 43.3 Å². The third-order valence-corrected chi connectivity index (χ3v) is 4.24. The van der Waals surface area contributed by atoms with Crippen molar-refractivity contribution in [3.8, 4) is 22.8 Å². The largest absolute Gasteiger partial charge is 0.493 e. The van der Waals surface area contributed by atoms with Crippen molar-refractivity contribution in [3.05, 3.63) is 72.2 Å². The molecule has 0 radical (unpaired) electrons. The van der Waals surface area contributed by atoms with Gasteiger partial charge in [-0.1, -0.05) is 6.07 Å². The van der Waals surface area contributed by atoms with Crippen molar-refractivity contribution in [3.63, 3.8) is 0 Å². The van der Waals surface area contributed by atoms with Gasteiger partial charge in [-0.2, -0.15) is 0 Å². The van der Waals surface area contributed by atoms with Gasteiger partial charge in [0.1, 0.15) is 0 Å². The number of nitrogens with one attached hydrogen (secondary N) is 1. The molecule has 0 bridgehead atoms. The van der Waals surface area contributed by atoms with E-state index >= 15 is 0 Å². The van der Waals surface area contributed by atoms with E-state index in [4.69, 9.17) is 9.47 Å². The maximum Gasteiger partial charge on any atom is 0.253 e. The number of ether oxygens (including phenoxy) is 2. The van der Waals surface area contributed by atoms with E-state index in [9.17, 15) is 4.79 Å². The predicted octanol–water partition coefficient (Wildman–Crippen LogP) is 3.65. The Hall–Kier alpha value is -3.41. The van der Waals surface area contributed by atoms with Crippen LogP contribution in [0.15, 0.2) is 61.1 Å². The highest BCUT2D eigenvalue weighted by Crippen LogP contribution is 2.30. The Balaban J connectivity index is 1.71. The summed E-state index contributed by atoms with van der Waals surface area (Å²) in [5, 5.41) is 2.97. The van der Waals surface area contributed by atoms with Crippen molar-refractivity contribution in [2.24, 2.45) is 0 Å². The van der Waals surface area contributed by atoms with Gasteiger partial charge in [0, 0.05) is 24.2 Å². The van der Waals surface area contributed by atoms with E-state index in [-0.39, 0.29) is 11.9 Å². The van der Waals surface area contributed by atoms with Crippen LogP contribution < -0.4 is 14.8 Å². The van der Waals surface area contributed by atoms with E-state index in [1.165, 1.54) is 0 Å². The molecule has 0 unspecified atom stereocenters. The van der Waals surface area contributed by atoms with Crippen molar-refractivity contribution >= 4 is 5.91 Å². The van der Waals surface area contributed by atoms with E-state index in [0.717, 1.165) is 16.8 Å². The molecule has 0 fully saturated rings. The summed E-state index contributed by atoms with van der Waals surface area (Å²) in [7, 11) is 3.17. The molecule has 0 spiro atoms. The standard InChI is InChI=1S/C21H21N3O3/c1-14(15-7-9-19(26-2)20(11-15)27-3)24-21(25)17-6-8-18(23-13-17)16-5-4-10-22-12-16/h4-14H,1-3H3,(H,24,25)/t14-/m1/s1. The van der Waals surface area contributed by atoms with Crippen LogP contribution in [0.1, 0.15) is 28.9 Å². The van der Waals surface area contributed by atoms with Gasteiger partial charge in [0.2, 0.25) is 0 Å². The number of carbonyl (C=O) groups is 1. The van der Waals surface area contributed by atoms with Crippen LogP contribution in [0.3, 0.4) is 0 Å². The number of amides is 1. The highest BCUT2D eigenvalue weighted by atomic mass is 16.5. The predicted molar refractivity (Wildman–Crippen MR) is 103 cm³/mol. The van der Waals surface area contributed by atoms with Gasteiger partial charge < -0.3 is 14.8 Å². The molecule has 1 N–H and O–H groups in total. The maximum absolute atomic E-state index is 12.5. The SMILES string of the molecule is COc1ccc([C@@H](C)NC(=O)c2ccc(-c3cccnc3)nc2)cc1OC. The quantitative estimate of drug-likeness (QED) is 0.724. The molecule has 0 aliphatic carbocycles. The van der Waals surface area contributed by atoms with Gasteiger partial charge in [0.25, 0.3) is 5.91 Å². The summed E-state index contributed by atoms with van der Waals surface area (Å²) in [5.74, 6) is 1.08. The number of aromatic nitrogens is 2. The number of carbonyl (C=O) groups excluding carboxylic acids is 1. The van der Waals surface area contributed by atoms with Crippen molar-refractivity contribution in [1.82, 2.24) is 15.3 Å². The highest BCUT2D eigenvalue weighted by Gasteiger charge is 2.14. The van der Waals surface area contributed by atoms with Gasteiger partial charge in [-0.25, -0.2) is 0 Å². The van der Waals surface area contributed by atoms with Crippen molar-refractivity contribution in [2.45, 2.75) is 13.0 Å². The summed E-state index contributed by atoms with van der Waals surface area (Å²) in [6.45, 7) is 1.91. The maximum atomic E-state index is 12.5. The lowest BCUT2D eigenvalue weighted by Gasteiger charge is -2.16. The van der Waals surface area contributed by atoms with Gasteiger partial charge in [0.05, 0.1) is 31.5 Å². The average molecular weight is 363 g/mol. The van der Waals surface area contributed by atoms with E-state index < -0.39 is 0 Å². The molecular formula is C21H21N3O3. The molecule has 6 nitrogen and oxygen atoms in total. The normalized spacial score (nSPS) is 11.5. The van der Waals surface area contributed by atoms with Crippen LogP contribution in [0.5, 0.6) is 11.5 Å². The molecule has 138 valence electrons. The molecule has 27 heavy (non-hydrogen) atoms. The number of pyridine rings is 2. The van der Waals surface area contributed by atoms with Crippen molar-refractivity contribution in [1.29, 1.82) is 0 Å². The lowest BCUT2D eigenvalue weighted by atomic mass is 10.1. The first-order chi connectivity index (χ1) is 13.1. The van der Waals surface area contributed by atoms with Gasteiger partial charge >= 0.3 is 0 Å². The van der Waals surface area contributed by atoms with E-state index in [1.54, 1.807) is 38.9 Å². The molecule has 1 atom stereocenters. The second-order valence-electron chi connectivity index (χ2n) is 5.98. The first kappa shape index (κ1) is 18.4. The Kier molecular flexibility index (Phi) is 5.66. The lowest BCUT2D eigenvalue weighted by molar-refractivity contribution is 0.0939. The number of nitrogens with zero attached hydrogens (tertiary/aromatic N) is 2. The minimum Gasteiger partial charge on any atom is -0.493 e. The summed E-state index contributed by atoms with van der Waals surface area (Å²) in [6.07, 6.45) is 5.01. The average Bonchev–Trinajstić information content (AvgIpc) is 2.73. The van der Waals surface area contributed by atoms with E-state index in [2.05, 4.69) is 15.3 Å². The first-order valence-corrected chi connectivity index (χ1v) is 8.51. The van der Waals surface area contributed by atoms with Crippen molar-refractivity contribution < 1.29 is 14.3 Å². The minimum atomic E-state index is -0.199. The third-order valence-electron chi connectivity index (χ3n) is 4.24. The van der Waals surface area contributed by atoms with Gasteiger partial charge in [-0.05, 0) is 48.9 Å². The Bertz CT molecular complexity index is 912. The molecule has 6 heteroatoms. The molecule has 3 aromatic rings. The summed E-state index contributed by atoms with van der Waals surface area (Å²) in [6, 6.07) is 12.7. The van der Waals surface area contributed by atoms with Gasteiger partial charge in [0.15, 0.2) is 11.5 Å².